The van der Waals surface area contributed by atoms with Gasteiger partial charge in [-0.05, 0) is 68.9 Å². The number of aliphatic hydroxyl groups is 1. The van der Waals surface area contributed by atoms with E-state index in [1.165, 1.54) is 4.90 Å². The lowest BCUT2D eigenvalue weighted by molar-refractivity contribution is -0.140. The first-order valence-corrected chi connectivity index (χ1v) is 13.3. The molecule has 0 aromatic heterocycles. The van der Waals surface area contributed by atoms with Crippen molar-refractivity contribution in [3.05, 3.63) is 59.2 Å². The van der Waals surface area contributed by atoms with Crippen molar-refractivity contribution in [2.45, 2.75) is 45.6 Å². The molecule has 2 aromatic rings. The van der Waals surface area contributed by atoms with Crippen molar-refractivity contribution in [1.29, 1.82) is 0 Å². The van der Waals surface area contributed by atoms with Crippen molar-refractivity contribution in [3.8, 4) is 17.2 Å². The van der Waals surface area contributed by atoms with E-state index < -0.39 is 17.7 Å². The van der Waals surface area contributed by atoms with Gasteiger partial charge in [0, 0.05) is 18.7 Å². The van der Waals surface area contributed by atoms with E-state index in [-0.39, 0.29) is 11.3 Å². The fourth-order valence-electron chi connectivity index (χ4n) is 4.26. The number of carbonyl (C=O) groups is 2. The maximum atomic E-state index is 13.3. The van der Waals surface area contributed by atoms with Gasteiger partial charge in [0.25, 0.3) is 11.7 Å². The van der Waals surface area contributed by atoms with E-state index in [4.69, 9.17) is 14.2 Å². The van der Waals surface area contributed by atoms with Crippen molar-refractivity contribution in [2.24, 2.45) is 0 Å². The van der Waals surface area contributed by atoms with Crippen LogP contribution in [0.15, 0.2) is 48.0 Å². The lowest BCUT2D eigenvalue weighted by Crippen LogP contribution is -2.35. The smallest absolute Gasteiger partial charge is 0.295 e. The van der Waals surface area contributed by atoms with Crippen molar-refractivity contribution < 1.29 is 28.9 Å². The van der Waals surface area contributed by atoms with Crippen LogP contribution in [0.4, 0.5) is 0 Å². The number of amides is 1. The second-order valence-corrected chi connectivity index (χ2v) is 9.63. The molecule has 1 N–H and O–H groups in total. The SMILES string of the molecule is CCCCOc1ccc(/C(O)=C2\C(=O)C(=O)N(CCN(C)C)C2c2ccc(OCCCC)c(OC)c2)cc1. The molecule has 0 radical (unpaired) electrons. The summed E-state index contributed by atoms with van der Waals surface area (Å²) in [6.45, 7) is 6.23. The van der Waals surface area contributed by atoms with Gasteiger partial charge in [0.05, 0.1) is 31.9 Å². The minimum absolute atomic E-state index is 0.0510. The third-order valence-electron chi connectivity index (χ3n) is 6.48. The number of aliphatic hydroxyl groups excluding tert-OH is 1. The lowest BCUT2D eigenvalue weighted by Gasteiger charge is -2.27. The monoisotopic (exact) mass is 524 g/mol. The summed E-state index contributed by atoms with van der Waals surface area (Å²) in [4.78, 5) is 29.9. The Morgan fingerprint density at radius 3 is 2.21 bits per heavy atom. The second-order valence-electron chi connectivity index (χ2n) is 9.63. The highest BCUT2D eigenvalue weighted by Crippen LogP contribution is 2.42. The molecule has 1 aliphatic rings. The van der Waals surface area contributed by atoms with Gasteiger partial charge in [-0.15, -0.1) is 0 Å². The number of likely N-dealkylation sites (N-methyl/N-ethyl adjacent to an activating group) is 1. The molecule has 1 aliphatic heterocycles. The topological polar surface area (TPSA) is 88.5 Å². The summed E-state index contributed by atoms with van der Waals surface area (Å²) in [6, 6.07) is 11.5. The van der Waals surface area contributed by atoms with Crippen molar-refractivity contribution in [1.82, 2.24) is 9.80 Å². The van der Waals surface area contributed by atoms with Crippen LogP contribution in [-0.4, -0.2) is 74.1 Å². The Hall–Kier alpha value is -3.52. The fraction of sp³-hybridized carbons (Fsp3) is 0.467. The molecule has 8 heteroatoms. The highest BCUT2D eigenvalue weighted by atomic mass is 16.5. The minimum Gasteiger partial charge on any atom is -0.507 e. The van der Waals surface area contributed by atoms with Gasteiger partial charge in [-0.2, -0.15) is 0 Å². The van der Waals surface area contributed by atoms with Crippen LogP contribution in [0.2, 0.25) is 0 Å². The van der Waals surface area contributed by atoms with Crippen molar-refractivity contribution >= 4 is 17.4 Å². The summed E-state index contributed by atoms with van der Waals surface area (Å²) in [5.41, 5.74) is 1.15. The number of nitrogens with zero attached hydrogens (tertiary/aromatic N) is 2. The second kappa shape index (κ2) is 13.9. The molecule has 1 heterocycles. The van der Waals surface area contributed by atoms with Crippen molar-refractivity contribution in [2.75, 3.05) is 47.5 Å². The van der Waals surface area contributed by atoms with Crippen LogP contribution >= 0.6 is 0 Å². The van der Waals surface area contributed by atoms with E-state index in [1.807, 2.05) is 25.1 Å². The van der Waals surface area contributed by atoms with Gasteiger partial charge in [-0.25, -0.2) is 0 Å². The molecule has 206 valence electrons. The molecule has 8 nitrogen and oxygen atoms in total. The number of ether oxygens (including phenoxy) is 3. The van der Waals surface area contributed by atoms with E-state index >= 15 is 0 Å². The Labute approximate surface area is 225 Å². The fourth-order valence-corrected chi connectivity index (χ4v) is 4.26. The maximum absolute atomic E-state index is 13.3. The standard InChI is InChI=1S/C30H40N2O6/c1-6-8-18-37-23-13-10-21(11-14-23)28(33)26-27(32(17-16-31(3)4)30(35)29(26)34)22-12-15-24(25(20-22)36-5)38-19-9-7-2/h10-15,20,27,33H,6-9,16-19H2,1-5H3/b28-26+. The quantitative estimate of drug-likeness (QED) is 0.160. The normalized spacial score (nSPS) is 16.8. The Morgan fingerprint density at radius 2 is 1.61 bits per heavy atom. The predicted octanol–water partition coefficient (Wildman–Crippen LogP) is 5.04. The molecule has 1 saturated heterocycles. The number of benzene rings is 2. The van der Waals surface area contributed by atoms with Gasteiger partial charge >= 0.3 is 0 Å². The maximum Gasteiger partial charge on any atom is 0.295 e. The average molecular weight is 525 g/mol. The van der Waals surface area contributed by atoms with Crippen LogP contribution in [0.5, 0.6) is 17.2 Å². The zero-order valence-corrected chi connectivity index (χ0v) is 23.2. The highest BCUT2D eigenvalue weighted by molar-refractivity contribution is 6.46. The number of unbranched alkanes of at least 4 members (excludes halogenated alkanes) is 2. The van der Waals surface area contributed by atoms with Gasteiger partial charge in [0.2, 0.25) is 0 Å². The summed E-state index contributed by atoms with van der Waals surface area (Å²) < 4.78 is 17.2. The number of methoxy groups -OCH3 is 1. The number of ketones is 1. The molecular formula is C30H40N2O6. The Kier molecular flexibility index (Phi) is 10.6. The van der Waals surface area contributed by atoms with Crippen LogP contribution in [0, 0.1) is 0 Å². The molecular weight excluding hydrogens is 484 g/mol. The number of Topliss-reactive ketones (excluding diaryl/α,β-unsaturated/α-hetero) is 1. The molecule has 1 amide bonds. The molecule has 3 rings (SSSR count). The zero-order chi connectivity index (χ0) is 27.7. The molecule has 0 aliphatic carbocycles. The average Bonchev–Trinajstić information content (AvgIpc) is 3.17. The molecule has 1 unspecified atom stereocenters. The third kappa shape index (κ3) is 6.86. The summed E-state index contributed by atoms with van der Waals surface area (Å²) in [7, 11) is 5.36. The van der Waals surface area contributed by atoms with Crippen LogP contribution in [-0.2, 0) is 9.59 Å². The third-order valence-corrected chi connectivity index (χ3v) is 6.48. The lowest BCUT2D eigenvalue weighted by atomic mass is 9.95. The number of carbonyl (C=O) groups excluding carboxylic acids is 2. The Bertz CT molecular complexity index is 1130. The molecule has 2 aromatic carbocycles. The highest BCUT2D eigenvalue weighted by Gasteiger charge is 2.46. The molecule has 1 atom stereocenters. The van der Waals surface area contributed by atoms with Crippen LogP contribution in [0.3, 0.4) is 0 Å². The number of likely N-dealkylation sites (tertiary alicyclic amines) is 1. The molecule has 0 bridgehead atoms. The van der Waals surface area contributed by atoms with Crippen molar-refractivity contribution in [3.63, 3.8) is 0 Å². The zero-order valence-electron chi connectivity index (χ0n) is 23.2. The van der Waals surface area contributed by atoms with Gasteiger partial charge in [0.15, 0.2) is 11.5 Å². The van der Waals surface area contributed by atoms with Crippen LogP contribution in [0.25, 0.3) is 5.76 Å². The van der Waals surface area contributed by atoms with Gasteiger partial charge in [0.1, 0.15) is 11.5 Å². The molecule has 1 fully saturated rings. The molecule has 38 heavy (non-hydrogen) atoms. The van der Waals surface area contributed by atoms with Crippen LogP contribution < -0.4 is 14.2 Å². The summed E-state index contributed by atoms with van der Waals surface area (Å²) in [5, 5.41) is 11.3. The van der Waals surface area contributed by atoms with E-state index in [0.29, 0.717) is 54.7 Å². The number of hydrogen-bond acceptors (Lipinski definition) is 7. The Balaban J connectivity index is 2.03. The summed E-state index contributed by atoms with van der Waals surface area (Å²) in [5.74, 6) is 0.209. The first-order chi connectivity index (χ1) is 18.3. The van der Waals surface area contributed by atoms with E-state index in [2.05, 4.69) is 13.8 Å². The molecule has 0 spiro atoms. The van der Waals surface area contributed by atoms with Gasteiger partial charge in [-0.1, -0.05) is 32.8 Å². The number of hydrogen-bond donors (Lipinski definition) is 1. The van der Waals surface area contributed by atoms with Crippen LogP contribution in [0.1, 0.15) is 56.7 Å². The summed E-state index contributed by atoms with van der Waals surface area (Å²) >= 11 is 0. The first-order valence-electron chi connectivity index (χ1n) is 13.3. The van der Waals surface area contributed by atoms with Gasteiger partial charge in [-0.3, -0.25) is 9.59 Å². The number of rotatable bonds is 14. The van der Waals surface area contributed by atoms with E-state index in [0.717, 1.165) is 25.7 Å². The largest absolute Gasteiger partial charge is 0.507 e. The van der Waals surface area contributed by atoms with Gasteiger partial charge < -0.3 is 29.1 Å². The molecule has 0 saturated carbocycles. The minimum atomic E-state index is -0.769. The van der Waals surface area contributed by atoms with E-state index in [9.17, 15) is 14.7 Å². The Morgan fingerprint density at radius 1 is 0.947 bits per heavy atom. The first kappa shape index (κ1) is 29.0. The van der Waals surface area contributed by atoms with E-state index in [1.54, 1.807) is 43.5 Å². The predicted molar refractivity (Wildman–Crippen MR) is 148 cm³/mol. The summed E-state index contributed by atoms with van der Waals surface area (Å²) in [6.07, 6.45) is 3.90.